The predicted octanol–water partition coefficient (Wildman–Crippen LogP) is 1.54. The quantitative estimate of drug-likeness (QED) is 0.782. The summed E-state index contributed by atoms with van der Waals surface area (Å²) < 4.78 is 0. The maximum atomic E-state index is 12.3. The summed E-state index contributed by atoms with van der Waals surface area (Å²) in [6.07, 6.45) is 0.648. The molecule has 0 aliphatic carbocycles. The standard InChI is InChI=1S/C17H25N3O2.ClH/c1-11(15(21)20-17(2,3)4)19-16(22)14-9-12-7-5-6-8-13(12)10-18-14;/h5-8,11,14,18H,9-10H2,1-4H3,(H,19,22)(H,20,21);1H. The monoisotopic (exact) mass is 339 g/mol. The van der Waals surface area contributed by atoms with Crippen molar-refractivity contribution in [2.45, 2.75) is 58.3 Å². The lowest BCUT2D eigenvalue weighted by Crippen LogP contribution is -2.55. The highest BCUT2D eigenvalue weighted by molar-refractivity contribution is 5.90. The van der Waals surface area contributed by atoms with E-state index in [1.54, 1.807) is 6.92 Å². The number of carbonyl (C=O) groups is 2. The molecule has 2 rings (SSSR count). The molecule has 1 aromatic rings. The molecule has 128 valence electrons. The van der Waals surface area contributed by atoms with Crippen LogP contribution in [-0.4, -0.2) is 29.4 Å². The van der Waals surface area contributed by atoms with E-state index in [2.05, 4.69) is 22.0 Å². The second-order valence-corrected chi connectivity index (χ2v) is 6.88. The molecule has 0 saturated heterocycles. The third-order valence-electron chi connectivity index (χ3n) is 3.65. The van der Waals surface area contributed by atoms with Gasteiger partial charge >= 0.3 is 0 Å². The molecule has 5 nitrogen and oxygen atoms in total. The zero-order chi connectivity index (χ0) is 16.3. The van der Waals surface area contributed by atoms with E-state index >= 15 is 0 Å². The Morgan fingerprint density at radius 1 is 1.22 bits per heavy atom. The predicted molar refractivity (Wildman–Crippen MR) is 93.5 cm³/mol. The Morgan fingerprint density at radius 3 is 2.43 bits per heavy atom. The van der Waals surface area contributed by atoms with Gasteiger partial charge in [-0.3, -0.25) is 9.59 Å². The third kappa shape index (κ3) is 5.52. The van der Waals surface area contributed by atoms with Crippen LogP contribution in [0.5, 0.6) is 0 Å². The molecule has 23 heavy (non-hydrogen) atoms. The van der Waals surface area contributed by atoms with Gasteiger partial charge in [-0.15, -0.1) is 12.4 Å². The molecule has 2 amide bonds. The number of fused-ring (bicyclic) bond motifs is 1. The van der Waals surface area contributed by atoms with Crippen LogP contribution in [-0.2, 0) is 22.6 Å². The van der Waals surface area contributed by atoms with Gasteiger partial charge < -0.3 is 16.0 Å². The molecule has 0 fully saturated rings. The number of hydrogen-bond acceptors (Lipinski definition) is 3. The molecule has 0 bridgehead atoms. The molecule has 1 aromatic carbocycles. The van der Waals surface area contributed by atoms with E-state index in [0.717, 1.165) is 0 Å². The van der Waals surface area contributed by atoms with E-state index in [9.17, 15) is 9.59 Å². The van der Waals surface area contributed by atoms with E-state index in [4.69, 9.17) is 0 Å². The fraction of sp³-hybridized carbons (Fsp3) is 0.529. The number of hydrogen-bond donors (Lipinski definition) is 3. The third-order valence-corrected chi connectivity index (χ3v) is 3.65. The molecule has 0 spiro atoms. The average Bonchev–Trinajstić information content (AvgIpc) is 2.44. The fourth-order valence-electron chi connectivity index (χ4n) is 2.50. The van der Waals surface area contributed by atoms with Crippen molar-refractivity contribution in [2.75, 3.05) is 0 Å². The SMILES string of the molecule is CC(NC(=O)C1Cc2ccccc2CN1)C(=O)NC(C)(C)C.Cl. The lowest BCUT2D eigenvalue weighted by Gasteiger charge is -2.28. The maximum absolute atomic E-state index is 12.3. The summed E-state index contributed by atoms with van der Waals surface area (Å²) in [5, 5.41) is 8.88. The van der Waals surface area contributed by atoms with Crippen molar-refractivity contribution < 1.29 is 9.59 Å². The van der Waals surface area contributed by atoms with Crippen molar-refractivity contribution in [3.05, 3.63) is 35.4 Å². The van der Waals surface area contributed by atoms with Gasteiger partial charge in [-0.25, -0.2) is 0 Å². The average molecular weight is 340 g/mol. The van der Waals surface area contributed by atoms with Gasteiger partial charge in [0.2, 0.25) is 11.8 Å². The minimum absolute atomic E-state index is 0. The molecule has 1 aliphatic heterocycles. The van der Waals surface area contributed by atoms with Crippen LogP contribution in [0, 0.1) is 0 Å². The van der Waals surface area contributed by atoms with Gasteiger partial charge in [0.1, 0.15) is 6.04 Å². The van der Waals surface area contributed by atoms with E-state index in [1.165, 1.54) is 11.1 Å². The highest BCUT2D eigenvalue weighted by Crippen LogP contribution is 2.16. The molecule has 2 atom stereocenters. The van der Waals surface area contributed by atoms with Crippen molar-refractivity contribution in [1.82, 2.24) is 16.0 Å². The summed E-state index contributed by atoms with van der Waals surface area (Å²) in [6.45, 7) is 8.13. The smallest absolute Gasteiger partial charge is 0.242 e. The number of amides is 2. The van der Waals surface area contributed by atoms with Gasteiger partial charge in [0.15, 0.2) is 0 Å². The Labute approximate surface area is 144 Å². The summed E-state index contributed by atoms with van der Waals surface area (Å²) in [4.78, 5) is 24.4. The Morgan fingerprint density at radius 2 is 1.83 bits per heavy atom. The fourth-order valence-corrected chi connectivity index (χ4v) is 2.50. The lowest BCUT2D eigenvalue weighted by atomic mass is 9.95. The Balaban J connectivity index is 0.00000264. The van der Waals surface area contributed by atoms with Crippen molar-refractivity contribution in [3.8, 4) is 0 Å². The van der Waals surface area contributed by atoms with Crippen LogP contribution in [0.1, 0.15) is 38.8 Å². The summed E-state index contributed by atoms with van der Waals surface area (Å²) in [5.74, 6) is -0.303. The number of rotatable bonds is 3. The second kappa shape index (κ2) is 7.79. The summed E-state index contributed by atoms with van der Waals surface area (Å²) in [7, 11) is 0. The van der Waals surface area contributed by atoms with Crippen LogP contribution in [0.2, 0.25) is 0 Å². The Hall–Kier alpha value is -1.59. The molecule has 1 aliphatic rings. The molecule has 0 aromatic heterocycles. The first-order valence-electron chi connectivity index (χ1n) is 7.69. The zero-order valence-electron chi connectivity index (χ0n) is 14.1. The van der Waals surface area contributed by atoms with Gasteiger partial charge in [-0.2, -0.15) is 0 Å². The first-order valence-corrected chi connectivity index (χ1v) is 7.69. The second-order valence-electron chi connectivity index (χ2n) is 6.88. The number of carbonyl (C=O) groups excluding carboxylic acids is 2. The van der Waals surface area contributed by atoms with Crippen molar-refractivity contribution in [2.24, 2.45) is 0 Å². The first-order chi connectivity index (χ1) is 10.3. The van der Waals surface area contributed by atoms with Crippen LogP contribution in [0.15, 0.2) is 24.3 Å². The maximum Gasteiger partial charge on any atom is 0.242 e. The summed E-state index contributed by atoms with van der Waals surface area (Å²) in [5.41, 5.74) is 2.11. The lowest BCUT2D eigenvalue weighted by molar-refractivity contribution is -0.130. The Kier molecular flexibility index (Phi) is 6.59. The summed E-state index contributed by atoms with van der Waals surface area (Å²) in [6, 6.07) is 7.26. The Bertz CT molecular complexity index is 569. The van der Waals surface area contributed by atoms with Gasteiger partial charge in [0.25, 0.3) is 0 Å². The van der Waals surface area contributed by atoms with Gasteiger partial charge in [-0.1, -0.05) is 24.3 Å². The van der Waals surface area contributed by atoms with Crippen LogP contribution < -0.4 is 16.0 Å². The molecular weight excluding hydrogens is 314 g/mol. The molecular formula is C17H26ClN3O2. The van der Waals surface area contributed by atoms with Crippen molar-refractivity contribution in [3.63, 3.8) is 0 Å². The minimum atomic E-state index is -0.550. The minimum Gasteiger partial charge on any atom is -0.350 e. The van der Waals surface area contributed by atoms with Crippen LogP contribution in [0.3, 0.4) is 0 Å². The number of halogens is 1. The molecule has 0 saturated carbocycles. The van der Waals surface area contributed by atoms with Gasteiger partial charge in [0.05, 0.1) is 6.04 Å². The van der Waals surface area contributed by atoms with Crippen LogP contribution >= 0.6 is 12.4 Å². The van der Waals surface area contributed by atoms with E-state index in [0.29, 0.717) is 13.0 Å². The molecule has 0 radical (unpaired) electrons. The van der Waals surface area contributed by atoms with Crippen molar-refractivity contribution >= 4 is 24.2 Å². The highest BCUT2D eigenvalue weighted by Gasteiger charge is 2.27. The van der Waals surface area contributed by atoms with Crippen molar-refractivity contribution in [1.29, 1.82) is 0 Å². The zero-order valence-corrected chi connectivity index (χ0v) is 14.9. The topological polar surface area (TPSA) is 70.2 Å². The normalized spacial score (nSPS) is 18.2. The van der Waals surface area contributed by atoms with Crippen LogP contribution in [0.4, 0.5) is 0 Å². The molecule has 6 heteroatoms. The molecule has 2 unspecified atom stereocenters. The molecule has 3 N–H and O–H groups in total. The van der Waals surface area contributed by atoms with Gasteiger partial charge in [-0.05, 0) is 45.2 Å². The molecule has 1 heterocycles. The van der Waals surface area contributed by atoms with Crippen LogP contribution in [0.25, 0.3) is 0 Å². The van der Waals surface area contributed by atoms with E-state index < -0.39 is 6.04 Å². The van der Waals surface area contributed by atoms with E-state index in [-0.39, 0.29) is 35.8 Å². The number of nitrogens with one attached hydrogen (secondary N) is 3. The summed E-state index contributed by atoms with van der Waals surface area (Å²) >= 11 is 0. The largest absolute Gasteiger partial charge is 0.350 e. The van der Waals surface area contributed by atoms with E-state index in [1.807, 2.05) is 39.0 Å². The highest BCUT2D eigenvalue weighted by atomic mass is 35.5. The number of benzene rings is 1. The first kappa shape index (κ1) is 19.5. The van der Waals surface area contributed by atoms with Gasteiger partial charge in [0, 0.05) is 12.1 Å².